The number of likely N-dealkylation sites (tertiary alicyclic amines) is 1. The molecule has 2 amide bonds. The Kier molecular flexibility index (Phi) is 9.93. The molecular weight excluding hydrogens is 508 g/mol. The van der Waals surface area contributed by atoms with E-state index in [1.165, 1.54) is 4.90 Å². The third-order valence-corrected chi connectivity index (χ3v) is 6.13. The van der Waals surface area contributed by atoms with Crippen molar-refractivity contribution in [2.45, 2.75) is 96.4 Å². The van der Waals surface area contributed by atoms with Crippen LogP contribution in [0.15, 0.2) is 24.3 Å². The lowest BCUT2D eigenvalue weighted by Crippen LogP contribution is -2.46. The van der Waals surface area contributed by atoms with Gasteiger partial charge in [-0.05, 0) is 78.5 Å². The minimum atomic E-state index is -0.989. The normalized spacial score (nSPS) is 23.2. The summed E-state index contributed by atoms with van der Waals surface area (Å²) >= 11 is 0. The molecule has 1 aromatic rings. The largest absolute Gasteiger partial charge is 0.509 e. The van der Waals surface area contributed by atoms with E-state index in [0.29, 0.717) is 25.3 Å². The molecular formula is C28H42N2O9. The number of nitrogens with one attached hydrogen (secondary N) is 1. The van der Waals surface area contributed by atoms with Crippen molar-refractivity contribution in [1.29, 1.82) is 0 Å². The second kappa shape index (κ2) is 12.8. The van der Waals surface area contributed by atoms with Crippen LogP contribution in [0.4, 0.5) is 14.4 Å². The predicted molar refractivity (Wildman–Crippen MR) is 142 cm³/mol. The lowest BCUT2D eigenvalue weighted by molar-refractivity contribution is -0.0520. The quantitative estimate of drug-likeness (QED) is 0.387. The van der Waals surface area contributed by atoms with Crippen LogP contribution in [0.25, 0.3) is 0 Å². The number of benzene rings is 1. The van der Waals surface area contributed by atoms with Crippen LogP contribution in [0, 0.1) is 0 Å². The second-order valence-electron chi connectivity index (χ2n) is 11.8. The van der Waals surface area contributed by atoms with Crippen molar-refractivity contribution in [3.05, 3.63) is 29.8 Å². The Labute approximate surface area is 230 Å². The molecule has 1 N–H and O–H groups in total. The van der Waals surface area contributed by atoms with Gasteiger partial charge >= 0.3 is 18.3 Å². The summed E-state index contributed by atoms with van der Waals surface area (Å²) in [7, 11) is 1.58. The van der Waals surface area contributed by atoms with Gasteiger partial charge in [-0.25, -0.2) is 14.4 Å². The molecule has 2 aliphatic heterocycles. The van der Waals surface area contributed by atoms with Crippen LogP contribution in [0.3, 0.4) is 0 Å². The monoisotopic (exact) mass is 550 g/mol. The highest BCUT2D eigenvalue weighted by Gasteiger charge is 2.50. The molecule has 4 atom stereocenters. The van der Waals surface area contributed by atoms with Gasteiger partial charge in [0.15, 0.2) is 12.2 Å². The van der Waals surface area contributed by atoms with E-state index in [4.69, 9.17) is 28.4 Å². The average Bonchev–Trinajstić information content (AvgIpc) is 3.45. The highest BCUT2D eigenvalue weighted by atomic mass is 16.7. The molecule has 218 valence electrons. The first-order valence-corrected chi connectivity index (χ1v) is 13.3. The fourth-order valence-corrected chi connectivity index (χ4v) is 4.44. The van der Waals surface area contributed by atoms with Gasteiger partial charge in [-0.15, -0.1) is 0 Å². The minimum absolute atomic E-state index is 0.0430. The minimum Gasteiger partial charge on any atom is -0.497 e. The number of amides is 2. The van der Waals surface area contributed by atoms with E-state index >= 15 is 0 Å². The number of carbonyl (C=O) groups excluding carboxylic acids is 3. The number of carbonyl (C=O) groups is 3. The van der Waals surface area contributed by atoms with Crippen molar-refractivity contribution in [2.24, 2.45) is 0 Å². The summed E-state index contributed by atoms with van der Waals surface area (Å²) in [6.07, 6.45) is -2.19. The average molecular weight is 551 g/mol. The topological polar surface area (TPSA) is 122 Å². The van der Waals surface area contributed by atoms with Crippen molar-refractivity contribution in [3.8, 4) is 5.75 Å². The molecule has 2 heterocycles. The zero-order chi connectivity index (χ0) is 28.8. The van der Waals surface area contributed by atoms with Crippen molar-refractivity contribution in [3.63, 3.8) is 0 Å². The van der Waals surface area contributed by atoms with E-state index in [-0.39, 0.29) is 12.6 Å². The van der Waals surface area contributed by atoms with E-state index < -0.39 is 47.8 Å². The molecule has 0 saturated carbocycles. The first kappa shape index (κ1) is 30.3. The maximum Gasteiger partial charge on any atom is 0.509 e. The molecule has 2 aliphatic rings. The van der Waals surface area contributed by atoms with Crippen molar-refractivity contribution < 1.29 is 42.8 Å². The zero-order valence-corrected chi connectivity index (χ0v) is 24.0. The lowest BCUT2D eigenvalue weighted by atomic mass is 10.0. The van der Waals surface area contributed by atoms with Gasteiger partial charge in [0.05, 0.1) is 25.8 Å². The summed E-state index contributed by atoms with van der Waals surface area (Å²) in [5.74, 6) is 0.682. The van der Waals surface area contributed by atoms with Gasteiger partial charge in [0, 0.05) is 13.2 Å². The van der Waals surface area contributed by atoms with Gasteiger partial charge in [-0.2, -0.15) is 0 Å². The molecule has 1 aromatic carbocycles. The van der Waals surface area contributed by atoms with E-state index in [1.54, 1.807) is 60.8 Å². The van der Waals surface area contributed by atoms with Crippen molar-refractivity contribution in [1.82, 2.24) is 10.2 Å². The molecule has 0 aliphatic carbocycles. The Morgan fingerprint density at radius 3 is 2.23 bits per heavy atom. The lowest BCUT2D eigenvalue weighted by Gasteiger charge is -2.30. The number of ether oxygens (including phenoxy) is 6. The molecule has 3 rings (SSSR count). The van der Waals surface area contributed by atoms with Gasteiger partial charge < -0.3 is 33.7 Å². The summed E-state index contributed by atoms with van der Waals surface area (Å²) in [5, 5.41) is 2.74. The third kappa shape index (κ3) is 9.49. The summed E-state index contributed by atoms with van der Waals surface area (Å²) < 4.78 is 33.3. The third-order valence-electron chi connectivity index (χ3n) is 6.13. The molecule has 0 bridgehead atoms. The Morgan fingerprint density at radius 1 is 1.00 bits per heavy atom. The van der Waals surface area contributed by atoms with Crippen molar-refractivity contribution in [2.75, 3.05) is 26.8 Å². The zero-order valence-electron chi connectivity index (χ0n) is 24.0. The highest BCUT2D eigenvalue weighted by Crippen LogP contribution is 2.30. The molecule has 0 aromatic heterocycles. The Balaban J connectivity index is 1.87. The molecule has 0 unspecified atom stereocenters. The molecule has 11 nitrogen and oxygen atoms in total. The second-order valence-corrected chi connectivity index (χ2v) is 11.8. The van der Waals surface area contributed by atoms with Gasteiger partial charge in [-0.1, -0.05) is 12.1 Å². The van der Waals surface area contributed by atoms with Crippen LogP contribution >= 0.6 is 0 Å². The van der Waals surface area contributed by atoms with E-state index in [1.807, 2.05) is 12.1 Å². The number of hydrogen-bond acceptors (Lipinski definition) is 9. The van der Waals surface area contributed by atoms with Crippen molar-refractivity contribution >= 4 is 18.3 Å². The summed E-state index contributed by atoms with van der Waals surface area (Å²) in [5.41, 5.74) is -0.695. The Hall–Kier alpha value is -3.21. The SMILES string of the molecule is COc1ccc(C[C@@H]2[C@H](OC(=O)NC[C@@H]3CCCO3)[C@@H](OC(=O)OC(C)(C)C)CN2C(=O)OC(C)(C)C)cc1. The van der Waals surface area contributed by atoms with Crippen LogP contribution in [0.2, 0.25) is 0 Å². The van der Waals surface area contributed by atoms with Crippen LogP contribution in [-0.4, -0.2) is 85.6 Å². The number of alkyl carbamates (subject to hydrolysis) is 1. The number of nitrogens with zero attached hydrogens (tertiary/aromatic N) is 1. The van der Waals surface area contributed by atoms with Crippen LogP contribution in [0.1, 0.15) is 59.9 Å². The maximum absolute atomic E-state index is 13.3. The van der Waals surface area contributed by atoms with Crippen LogP contribution in [-0.2, 0) is 30.1 Å². The summed E-state index contributed by atoms with van der Waals surface area (Å²) in [4.78, 5) is 40.3. The first-order valence-electron chi connectivity index (χ1n) is 13.3. The van der Waals surface area contributed by atoms with Gasteiger partial charge in [0.25, 0.3) is 0 Å². The first-order chi connectivity index (χ1) is 18.2. The van der Waals surface area contributed by atoms with E-state index in [9.17, 15) is 14.4 Å². The summed E-state index contributed by atoms with van der Waals surface area (Å²) in [6.45, 7) is 11.4. The van der Waals surface area contributed by atoms with Crippen LogP contribution < -0.4 is 10.1 Å². The Morgan fingerprint density at radius 2 is 1.67 bits per heavy atom. The molecule has 2 fully saturated rings. The molecule has 39 heavy (non-hydrogen) atoms. The van der Waals surface area contributed by atoms with Gasteiger partial charge in [-0.3, -0.25) is 4.90 Å². The number of rotatable bonds is 7. The predicted octanol–water partition coefficient (Wildman–Crippen LogP) is 4.45. The maximum atomic E-state index is 13.3. The smallest absolute Gasteiger partial charge is 0.497 e. The summed E-state index contributed by atoms with van der Waals surface area (Å²) in [6, 6.07) is 6.65. The fraction of sp³-hybridized carbons (Fsp3) is 0.679. The number of hydrogen-bond donors (Lipinski definition) is 1. The van der Waals surface area contributed by atoms with E-state index in [0.717, 1.165) is 18.4 Å². The molecule has 0 spiro atoms. The van der Waals surface area contributed by atoms with Gasteiger partial charge in [0.1, 0.15) is 17.0 Å². The van der Waals surface area contributed by atoms with Gasteiger partial charge in [0.2, 0.25) is 0 Å². The van der Waals surface area contributed by atoms with E-state index in [2.05, 4.69) is 5.32 Å². The fourth-order valence-electron chi connectivity index (χ4n) is 4.44. The van der Waals surface area contributed by atoms with Crippen LogP contribution in [0.5, 0.6) is 5.75 Å². The number of methoxy groups -OCH3 is 1. The Bertz CT molecular complexity index is 978. The molecule has 2 saturated heterocycles. The standard InChI is InChI=1S/C28H42N2O9/c1-27(2,3)38-25(32)30-17-22(36-26(33)39-28(4,5)6)23(37-24(31)29-16-20-9-8-14-35-20)21(30)15-18-10-12-19(34-7)13-11-18/h10-13,20-23H,8-9,14-17H2,1-7H3,(H,29,31)/t20-,21+,22-,23-/m0/s1. The molecule has 11 heteroatoms. The molecule has 0 radical (unpaired) electrons. The highest BCUT2D eigenvalue weighted by molar-refractivity contribution is 5.71.